The smallest absolute Gasteiger partial charge is 0.240 e. The van der Waals surface area contributed by atoms with Crippen LogP contribution in [-0.4, -0.2) is 44.3 Å². The number of benzene rings is 2. The number of sulfonamides is 1. The standard InChI is InChI=1S/C22H28N2O4S/c1-16(2)28-21-9-7-18(8-10-21)14-24-12-11-20(15-24)23-29(26,27)22-6-4-5-19(13-22)17(3)25/h4-10,13,16,20,23H,11-12,14-15H2,1-3H3/t20-/m1/s1. The molecule has 0 bridgehead atoms. The molecule has 29 heavy (non-hydrogen) atoms. The molecule has 2 aromatic carbocycles. The largest absolute Gasteiger partial charge is 0.491 e. The van der Waals surface area contributed by atoms with Crippen molar-refractivity contribution in [2.24, 2.45) is 0 Å². The summed E-state index contributed by atoms with van der Waals surface area (Å²) >= 11 is 0. The molecule has 0 amide bonds. The van der Waals surface area contributed by atoms with Crippen molar-refractivity contribution in [2.45, 2.75) is 50.8 Å². The highest BCUT2D eigenvalue weighted by Crippen LogP contribution is 2.19. The van der Waals surface area contributed by atoms with Gasteiger partial charge in [0.25, 0.3) is 0 Å². The average Bonchev–Trinajstić information content (AvgIpc) is 3.09. The van der Waals surface area contributed by atoms with Crippen LogP contribution in [0.15, 0.2) is 53.4 Å². The lowest BCUT2D eigenvalue weighted by Gasteiger charge is -2.17. The molecule has 1 saturated heterocycles. The van der Waals surface area contributed by atoms with Crippen LogP contribution >= 0.6 is 0 Å². The number of ketones is 1. The third-order valence-electron chi connectivity index (χ3n) is 4.85. The summed E-state index contributed by atoms with van der Waals surface area (Å²) in [6.45, 7) is 7.65. The highest BCUT2D eigenvalue weighted by atomic mass is 32.2. The van der Waals surface area contributed by atoms with E-state index in [0.29, 0.717) is 12.1 Å². The highest BCUT2D eigenvalue weighted by molar-refractivity contribution is 7.89. The Balaban J connectivity index is 1.58. The molecule has 1 aliphatic rings. The Labute approximate surface area is 172 Å². The number of likely N-dealkylation sites (tertiary alicyclic amines) is 1. The Kier molecular flexibility index (Phi) is 6.72. The van der Waals surface area contributed by atoms with Crippen LogP contribution in [0.5, 0.6) is 5.75 Å². The van der Waals surface area contributed by atoms with Crippen molar-refractivity contribution in [2.75, 3.05) is 13.1 Å². The first-order valence-electron chi connectivity index (χ1n) is 9.84. The fraction of sp³-hybridized carbons (Fsp3) is 0.409. The monoisotopic (exact) mass is 416 g/mol. The lowest BCUT2D eigenvalue weighted by atomic mass is 10.2. The molecule has 0 unspecified atom stereocenters. The van der Waals surface area contributed by atoms with Gasteiger partial charge in [-0.25, -0.2) is 13.1 Å². The number of hydrogen-bond acceptors (Lipinski definition) is 5. The first kappa shape index (κ1) is 21.5. The van der Waals surface area contributed by atoms with Crippen molar-refractivity contribution in [3.05, 3.63) is 59.7 Å². The number of ether oxygens (including phenoxy) is 1. The summed E-state index contributed by atoms with van der Waals surface area (Å²) in [6.07, 6.45) is 0.893. The number of Topliss-reactive ketones (excluding diaryl/α,β-unsaturated/α-hetero) is 1. The maximum absolute atomic E-state index is 12.7. The van der Waals surface area contributed by atoms with Gasteiger partial charge in [0.15, 0.2) is 5.78 Å². The van der Waals surface area contributed by atoms with Crippen LogP contribution in [0, 0.1) is 0 Å². The van der Waals surface area contributed by atoms with Crippen molar-refractivity contribution in [3.63, 3.8) is 0 Å². The molecule has 6 nitrogen and oxygen atoms in total. The Bertz CT molecular complexity index is 955. The van der Waals surface area contributed by atoms with Gasteiger partial charge < -0.3 is 4.74 Å². The molecule has 2 aromatic rings. The van der Waals surface area contributed by atoms with E-state index in [1.54, 1.807) is 12.1 Å². The molecule has 156 valence electrons. The number of hydrogen-bond donors (Lipinski definition) is 1. The van der Waals surface area contributed by atoms with Crippen molar-refractivity contribution in [1.82, 2.24) is 9.62 Å². The van der Waals surface area contributed by atoms with Crippen molar-refractivity contribution >= 4 is 15.8 Å². The third kappa shape index (κ3) is 5.88. The van der Waals surface area contributed by atoms with E-state index < -0.39 is 10.0 Å². The molecule has 1 heterocycles. The van der Waals surface area contributed by atoms with Crippen LogP contribution in [0.1, 0.15) is 43.1 Å². The molecule has 7 heteroatoms. The zero-order chi connectivity index (χ0) is 21.0. The Morgan fingerprint density at radius 2 is 1.93 bits per heavy atom. The molecule has 1 aliphatic heterocycles. The number of carbonyl (C=O) groups is 1. The number of rotatable bonds is 8. The van der Waals surface area contributed by atoms with Crippen molar-refractivity contribution in [1.29, 1.82) is 0 Å². The van der Waals surface area contributed by atoms with Crippen LogP contribution in [0.4, 0.5) is 0 Å². The fourth-order valence-corrected chi connectivity index (χ4v) is 4.75. The fourth-order valence-electron chi connectivity index (χ4n) is 3.45. The Hall–Kier alpha value is -2.22. The van der Waals surface area contributed by atoms with E-state index in [4.69, 9.17) is 4.74 Å². The molecule has 0 radical (unpaired) electrons. The van der Waals surface area contributed by atoms with E-state index in [0.717, 1.165) is 25.3 Å². The predicted octanol–water partition coefficient (Wildman–Crippen LogP) is 3.23. The number of nitrogens with one attached hydrogen (secondary N) is 1. The second-order valence-electron chi connectivity index (χ2n) is 7.74. The molecule has 1 N–H and O–H groups in total. The zero-order valence-electron chi connectivity index (χ0n) is 17.1. The molecule has 0 aliphatic carbocycles. The molecular formula is C22H28N2O4S. The van der Waals surface area contributed by atoms with Gasteiger partial charge in [-0.2, -0.15) is 0 Å². The van der Waals surface area contributed by atoms with Crippen molar-refractivity contribution < 1.29 is 17.9 Å². The maximum atomic E-state index is 12.7. The second kappa shape index (κ2) is 9.07. The van der Waals surface area contributed by atoms with E-state index in [9.17, 15) is 13.2 Å². The predicted molar refractivity (Wildman–Crippen MR) is 113 cm³/mol. The summed E-state index contributed by atoms with van der Waals surface area (Å²) in [5.41, 5.74) is 1.56. The van der Waals surface area contributed by atoms with Gasteiger partial charge in [-0.05, 0) is 57.0 Å². The third-order valence-corrected chi connectivity index (χ3v) is 6.36. The average molecular weight is 417 g/mol. The van der Waals surface area contributed by atoms with E-state index >= 15 is 0 Å². The Morgan fingerprint density at radius 1 is 1.21 bits per heavy atom. The number of nitrogens with zero attached hydrogens (tertiary/aromatic N) is 1. The molecule has 1 fully saturated rings. The van der Waals surface area contributed by atoms with Gasteiger partial charge in [0.2, 0.25) is 10.0 Å². The van der Waals surface area contributed by atoms with Gasteiger partial charge in [0.05, 0.1) is 11.0 Å². The summed E-state index contributed by atoms with van der Waals surface area (Å²) in [7, 11) is -3.66. The second-order valence-corrected chi connectivity index (χ2v) is 9.45. The van der Waals surface area contributed by atoms with Gasteiger partial charge in [0, 0.05) is 31.2 Å². The van der Waals surface area contributed by atoms with Crippen LogP contribution in [-0.2, 0) is 16.6 Å². The quantitative estimate of drug-likeness (QED) is 0.669. The van der Waals surface area contributed by atoms with E-state index in [1.165, 1.54) is 24.6 Å². The first-order chi connectivity index (χ1) is 13.7. The van der Waals surface area contributed by atoms with Crippen LogP contribution < -0.4 is 9.46 Å². The zero-order valence-corrected chi connectivity index (χ0v) is 17.9. The molecule has 3 rings (SSSR count). The lowest BCUT2D eigenvalue weighted by Crippen LogP contribution is -2.37. The van der Waals surface area contributed by atoms with Gasteiger partial charge in [-0.3, -0.25) is 9.69 Å². The van der Waals surface area contributed by atoms with Gasteiger partial charge in [0.1, 0.15) is 5.75 Å². The first-order valence-corrected chi connectivity index (χ1v) is 11.3. The summed E-state index contributed by atoms with van der Waals surface area (Å²) in [5, 5.41) is 0. The van der Waals surface area contributed by atoms with Gasteiger partial charge in [-0.15, -0.1) is 0 Å². The van der Waals surface area contributed by atoms with E-state index in [-0.39, 0.29) is 22.8 Å². The summed E-state index contributed by atoms with van der Waals surface area (Å²) in [4.78, 5) is 13.9. The lowest BCUT2D eigenvalue weighted by molar-refractivity contribution is 0.101. The molecular weight excluding hydrogens is 388 g/mol. The SMILES string of the molecule is CC(=O)c1cccc(S(=O)(=O)N[C@@H]2CCN(Cc3ccc(OC(C)C)cc3)C2)c1. The minimum atomic E-state index is -3.66. The van der Waals surface area contributed by atoms with Gasteiger partial charge in [-0.1, -0.05) is 24.3 Å². The van der Waals surface area contributed by atoms with E-state index in [2.05, 4.69) is 9.62 Å². The van der Waals surface area contributed by atoms with Crippen LogP contribution in [0.2, 0.25) is 0 Å². The summed E-state index contributed by atoms with van der Waals surface area (Å²) in [6, 6.07) is 14.0. The van der Waals surface area contributed by atoms with Crippen LogP contribution in [0.3, 0.4) is 0 Å². The van der Waals surface area contributed by atoms with Crippen molar-refractivity contribution in [3.8, 4) is 5.75 Å². The maximum Gasteiger partial charge on any atom is 0.240 e. The topological polar surface area (TPSA) is 75.7 Å². The summed E-state index contributed by atoms with van der Waals surface area (Å²) < 4.78 is 33.8. The Morgan fingerprint density at radius 3 is 2.59 bits per heavy atom. The molecule has 0 spiro atoms. The minimum Gasteiger partial charge on any atom is -0.491 e. The highest BCUT2D eigenvalue weighted by Gasteiger charge is 2.27. The molecule has 0 saturated carbocycles. The minimum absolute atomic E-state index is 0.129. The molecule has 1 atom stereocenters. The van der Waals surface area contributed by atoms with Crippen LogP contribution in [0.25, 0.3) is 0 Å². The van der Waals surface area contributed by atoms with Gasteiger partial charge >= 0.3 is 0 Å². The van der Waals surface area contributed by atoms with E-state index in [1.807, 2.05) is 38.1 Å². The number of carbonyl (C=O) groups excluding carboxylic acids is 1. The molecule has 0 aromatic heterocycles. The summed E-state index contributed by atoms with van der Waals surface area (Å²) in [5.74, 6) is 0.697. The normalized spacial score (nSPS) is 17.6.